The summed E-state index contributed by atoms with van der Waals surface area (Å²) in [6.45, 7) is 1.62. The van der Waals surface area contributed by atoms with Gasteiger partial charge in [-0.15, -0.1) is 0 Å². The normalized spacial score (nSPS) is 13.4. The van der Waals surface area contributed by atoms with Crippen LogP contribution in [0, 0.1) is 17.0 Å². The minimum absolute atomic E-state index is 0.0665. The number of carbonyl (C=O) groups excluding carboxylic acids is 3. The summed E-state index contributed by atoms with van der Waals surface area (Å²) in [6.07, 6.45) is 0. The van der Waals surface area contributed by atoms with E-state index in [0.717, 1.165) is 10.7 Å². The number of nitro groups is 1. The number of likely N-dealkylation sites (N-methyl/N-ethyl adjacent to an activating group) is 1. The summed E-state index contributed by atoms with van der Waals surface area (Å²) >= 11 is 6.09. The maximum atomic E-state index is 13.2. The number of nitro benzene ring substituents is 1. The summed E-state index contributed by atoms with van der Waals surface area (Å²) in [5, 5.41) is 15.6. The number of imide groups is 1. The fourth-order valence-electron chi connectivity index (χ4n) is 4.10. The molecule has 0 aliphatic carbocycles. The van der Waals surface area contributed by atoms with Crippen molar-refractivity contribution in [3.63, 3.8) is 0 Å². The molecular weight excluding hydrogens is 502 g/mol. The van der Waals surface area contributed by atoms with Crippen molar-refractivity contribution in [2.24, 2.45) is 7.05 Å². The van der Waals surface area contributed by atoms with Crippen LogP contribution in [0.1, 0.15) is 33.3 Å². The third kappa shape index (κ3) is 3.72. The first kappa shape index (κ1) is 24.3. The van der Waals surface area contributed by atoms with Crippen LogP contribution < -0.4 is 0 Å². The summed E-state index contributed by atoms with van der Waals surface area (Å²) in [7, 11) is -3.03. The van der Waals surface area contributed by atoms with Gasteiger partial charge < -0.3 is 0 Å². The van der Waals surface area contributed by atoms with Gasteiger partial charge in [-0.25, -0.2) is 12.7 Å². The quantitative estimate of drug-likeness (QED) is 0.273. The average molecular weight is 520 g/mol. The lowest BCUT2D eigenvalue weighted by Gasteiger charge is -2.29. The minimum atomic E-state index is -4.47. The fraction of sp³-hybridized carbons (Fsp3) is 0.238. The highest BCUT2D eigenvalue weighted by atomic mass is 35.5. The summed E-state index contributed by atoms with van der Waals surface area (Å²) < 4.78 is 28.1. The van der Waals surface area contributed by atoms with Gasteiger partial charge in [-0.2, -0.15) is 5.10 Å². The number of hydrogen-bond donors (Lipinski definition) is 0. The maximum absolute atomic E-state index is 13.2. The number of carbonyl (C=O) groups is 3. The topological polar surface area (TPSA) is 153 Å². The first-order valence-corrected chi connectivity index (χ1v) is 12.0. The number of benzene rings is 2. The minimum Gasteiger partial charge on any atom is -0.272 e. The molecule has 0 N–H and O–H groups in total. The smallest absolute Gasteiger partial charge is 0.271 e. The van der Waals surface area contributed by atoms with Gasteiger partial charge in [0.25, 0.3) is 33.4 Å². The van der Waals surface area contributed by atoms with Crippen LogP contribution in [0.15, 0.2) is 35.2 Å². The lowest BCUT2D eigenvalue weighted by Crippen LogP contribution is -2.48. The molecule has 0 bridgehead atoms. The highest BCUT2D eigenvalue weighted by Gasteiger charge is 2.39. The number of halogens is 1. The molecule has 14 heteroatoms. The van der Waals surface area contributed by atoms with Crippen LogP contribution in [0.5, 0.6) is 0 Å². The van der Waals surface area contributed by atoms with Crippen LogP contribution in [0.2, 0.25) is 5.15 Å². The van der Waals surface area contributed by atoms with E-state index in [1.54, 1.807) is 0 Å². The molecule has 3 aromatic rings. The lowest BCUT2D eigenvalue weighted by molar-refractivity contribution is -0.384. The van der Waals surface area contributed by atoms with E-state index in [1.807, 2.05) is 0 Å². The zero-order valence-electron chi connectivity index (χ0n) is 18.7. The molecule has 0 saturated carbocycles. The van der Waals surface area contributed by atoms with Crippen LogP contribution in [-0.4, -0.2) is 63.1 Å². The van der Waals surface area contributed by atoms with Crippen LogP contribution in [-0.2, 0) is 21.9 Å². The SMILES string of the molecule is CCN(C(=O)CN1C(=O)c2cccc3cc([N+](=O)[O-])cc(c23)C1=O)S(=O)(=O)c1c(C)nn(C)c1Cl. The van der Waals surface area contributed by atoms with Crippen LogP contribution in [0.3, 0.4) is 0 Å². The highest BCUT2D eigenvalue weighted by molar-refractivity contribution is 7.89. The van der Waals surface area contributed by atoms with Gasteiger partial charge in [0.15, 0.2) is 0 Å². The number of non-ortho nitro benzene ring substituents is 1. The van der Waals surface area contributed by atoms with Crippen molar-refractivity contribution < 1.29 is 27.7 Å². The standard InChI is InChI=1S/C21H18ClN5O7S/c1-4-26(35(33,34)18-11(2)23-24(3)19(18)22)16(28)10-25-20(29)14-7-5-6-12-8-13(27(31)32)9-15(17(12)14)21(25)30/h5-9H,4,10H2,1-3H3. The van der Waals surface area contributed by atoms with Crippen molar-refractivity contribution in [1.82, 2.24) is 19.0 Å². The van der Waals surface area contributed by atoms with E-state index in [1.165, 1.54) is 45.2 Å². The van der Waals surface area contributed by atoms with Crippen molar-refractivity contribution in [1.29, 1.82) is 0 Å². The Morgan fingerprint density at radius 3 is 2.43 bits per heavy atom. The Morgan fingerprint density at radius 1 is 1.20 bits per heavy atom. The number of aryl methyl sites for hydroxylation is 2. The third-order valence-corrected chi connectivity index (χ3v) is 8.22. The molecular formula is C21H18ClN5O7S. The second-order valence-electron chi connectivity index (χ2n) is 7.74. The number of sulfonamides is 1. The van der Waals surface area contributed by atoms with Crippen LogP contribution in [0.25, 0.3) is 10.8 Å². The molecule has 0 spiro atoms. The second-order valence-corrected chi connectivity index (χ2v) is 9.90. The summed E-state index contributed by atoms with van der Waals surface area (Å²) in [4.78, 5) is 50.3. The Morgan fingerprint density at radius 2 is 1.86 bits per heavy atom. The molecule has 0 saturated heterocycles. The van der Waals surface area contributed by atoms with E-state index in [2.05, 4.69) is 5.10 Å². The Kier molecular flexibility index (Phi) is 5.85. The van der Waals surface area contributed by atoms with Gasteiger partial charge in [0.05, 0.1) is 16.2 Å². The summed E-state index contributed by atoms with van der Waals surface area (Å²) in [5.74, 6) is -2.83. The third-order valence-electron chi connectivity index (χ3n) is 5.63. The molecule has 0 unspecified atom stereocenters. The van der Waals surface area contributed by atoms with Gasteiger partial charge in [-0.3, -0.25) is 34.1 Å². The first-order chi connectivity index (χ1) is 16.4. The van der Waals surface area contributed by atoms with E-state index >= 15 is 0 Å². The van der Waals surface area contributed by atoms with Gasteiger partial charge in [0.1, 0.15) is 16.6 Å². The van der Waals surface area contributed by atoms with E-state index in [9.17, 15) is 32.9 Å². The summed E-state index contributed by atoms with van der Waals surface area (Å²) in [5.41, 5.74) is -0.356. The highest BCUT2D eigenvalue weighted by Crippen LogP contribution is 2.34. The van der Waals surface area contributed by atoms with Crippen molar-refractivity contribution in [3.05, 3.63) is 62.4 Å². The molecule has 0 atom stereocenters. The fourth-order valence-corrected chi connectivity index (χ4v) is 6.21. The van der Waals surface area contributed by atoms with Crippen molar-refractivity contribution >= 4 is 55.8 Å². The number of rotatable bonds is 6. The first-order valence-electron chi connectivity index (χ1n) is 10.2. The molecule has 0 fully saturated rings. The van der Waals surface area contributed by atoms with E-state index in [0.29, 0.717) is 14.6 Å². The average Bonchev–Trinajstić information content (AvgIpc) is 3.06. The predicted octanol–water partition coefficient (Wildman–Crippen LogP) is 2.28. The molecule has 2 heterocycles. The van der Waals surface area contributed by atoms with Gasteiger partial charge >= 0.3 is 0 Å². The molecule has 2 aromatic carbocycles. The number of amides is 3. The zero-order chi connectivity index (χ0) is 25.8. The van der Waals surface area contributed by atoms with Crippen molar-refractivity contribution in [3.8, 4) is 0 Å². The Hall–Kier alpha value is -3.84. The van der Waals surface area contributed by atoms with E-state index in [-0.39, 0.29) is 44.5 Å². The van der Waals surface area contributed by atoms with Gasteiger partial charge in [-0.05, 0) is 25.3 Å². The molecule has 4 rings (SSSR count). The number of nitrogens with zero attached hydrogens (tertiary/aromatic N) is 5. The van der Waals surface area contributed by atoms with Gasteiger partial charge in [0, 0.05) is 36.7 Å². The second kappa shape index (κ2) is 8.43. The largest absolute Gasteiger partial charge is 0.272 e. The molecule has 3 amide bonds. The number of hydrogen-bond acceptors (Lipinski definition) is 8. The van der Waals surface area contributed by atoms with Gasteiger partial charge in [-0.1, -0.05) is 23.7 Å². The predicted molar refractivity (Wildman–Crippen MR) is 123 cm³/mol. The van der Waals surface area contributed by atoms with E-state index < -0.39 is 39.2 Å². The molecule has 12 nitrogen and oxygen atoms in total. The maximum Gasteiger partial charge on any atom is 0.271 e. The molecule has 0 radical (unpaired) electrons. The molecule has 1 aromatic heterocycles. The zero-order valence-corrected chi connectivity index (χ0v) is 20.3. The Balaban J connectivity index is 1.74. The van der Waals surface area contributed by atoms with E-state index in [4.69, 9.17) is 11.6 Å². The van der Waals surface area contributed by atoms with Crippen LogP contribution >= 0.6 is 11.6 Å². The molecule has 1 aliphatic rings. The van der Waals surface area contributed by atoms with Crippen LogP contribution in [0.4, 0.5) is 5.69 Å². The lowest BCUT2D eigenvalue weighted by atomic mass is 9.93. The Bertz CT molecular complexity index is 1560. The van der Waals surface area contributed by atoms with Gasteiger partial charge in [0.2, 0.25) is 0 Å². The Labute approximate surface area is 203 Å². The molecule has 35 heavy (non-hydrogen) atoms. The molecule has 1 aliphatic heterocycles. The summed E-state index contributed by atoms with van der Waals surface area (Å²) in [6, 6.07) is 6.73. The van der Waals surface area contributed by atoms with Crippen molar-refractivity contribution in [2.75, 3.05) is 13.1 Å². The number of aromatic nitrogens is 2. The molecule has 182 valence electrons. The monoisotopic (exact) mass is 519 g/mol. The van der Waals surface area contributed by atoms with Crippen molar-refractivity contribution in [2.45, 2.75) is 18.7 Å².